The van der Waals surface area contributed by atoms with Crippen LogP contribution >= 0.6 is 0 Å². The topological polar surface area (TPSA) is 46.5 Å². The van der Waals surface area contributed by atoms with E-state index in [2.05, 4.69) is 4.40 Å². The Morgan fingerprint density at radius 3 is 1.95 bits per heavy atom. The van der Waals surface area contributed by atoms with Crippen molar-refractivity contribution in [1.29, 1.82) is 0 Å². The van der Waals surface area contributed by atoms with Gasteiger partial charge in [-0.2, -0.15) is 12.8 Å². The zero-order valence-electron chi connectivity index (χ0n) is 13.4. The molecule has 0 N–H and O–H groups in total. The van der Waals surface area contributed by atoms with E-state index >= 15 is 0 Å². The Morgan fingerprint density at radius 2 is 1.45 bits per heavy atom. The summed E-state index contributed by atoms with van der Waals surface area (Å²) in [4.78, 5) is 0.218. The first-order valence-corrected chi connectivity index (χ1v) is 8.62. The molecule has 0 bridgehead atoms. The van der Waals surface area contributed by atoms with Crippen LogP contribution in [0.15, 0.2) is 63.9 Å². The van der Waals surface area contributed by atoms with Gasteiger partial charge in [-0.15, -0.1) is 0 Å². The van der Waals surface area contributed by atoms with E-state index in [1.807, 2.05) is 58.0 Å². The molecule has 22 heavy (non-hydrogen) atoms. The summed E-state index contributed by atoms with van der Waals surface area (Å²) in [5, 5.41) is 0. The van der Waals surface area contributed by atoms with Crippen LogP contribution in [-0.4, -0.2) is 14.1 Å². The molecular weight excluding hydrogens is 294 g/mol. The zero-order valence-corrected chi connectivity index (χ0v) is 14.2. The summed E-state index contributed by atoms with van der Waals surface area (Å²) in [6.45, 7) is 7.81. The molecule has 4 heteroatoms. The first kappa shape index (κ1) is 16.4. The fourth-order valence-electron chi connectivity index (χ4n) is 2.10. The molecule has 0 amide bonds. The van der Waals surface area contributed by atoms with Gasteiger partial charge in [-0.05, 0) is 24.6 Å². The summed E-state index contributed by atoms with van der Waals surface area (Å²) in [5.74, 6) is 0. The smallest absolute Gasteiger partial charge is 0.199 e. The number of aryl methyl sites for hydroxylation is 1. The van der Waals surface area contributed by atoms with Crippen molar-refractivity contribution in [2.24, 2.45) is 9.81 Å². The number of rotatable bonds is 3. The molecule has 116 valence electrons. The van der Waals surface area contributed by atoms with Crippen LogP contribution in [0.2, 0.25) is 0 Å². The predicted octanol–water partition coefficient (Wildman–Crippen LogP) is 4.22. The lowest BCUT2D eigenvalue weighted by atomic mass is 9.86. The van der Waals surface area contributed by atoms with E-state index < -0.39 is 10.0 Å². The Morgan fingerprint density at radius 1 is 0.909 bits per heavy atom. The molecule has 0 spiro atoms. The molecule has 0 radical (unpaired) electrons. The maximum Gasteiger partial charge on any atom is 0.282 e. The highest BCUT2D eigenvalue weighted by Gasteiger charge is 2.24. The Bertz CT molecular complexity index is 768. The van der Waals surface area contributed by atoms with Gasteiger partial charge < -0.3 is 0 Å². The maximum atomic E-state index is 12.6. The average Bonchev–Trinajstić information content (AvgIpc) is 2.45. The van der Waals surface area contributed by atoms with Crippen molar-refractivity contribution >= 4 is 15.7 Å². The largest absolute Gasteiger partial charge is 0.282 e. The van der Waals surface area contributed by atoms with Gasteiger partial charge >= 0.3 is 0 Å². The van der Waals surface area contributed by atoms with E-state index in [4.69, 9.17) is 0 Å². The van der Waals surface area contributed by atoms with Crippen LogP contribution in [0.3, 0.4) is 0 Å². The third-order valence-electron chi connectivity index (χ3n) is 3.29. The minimum atomic E-state index is -3.72. The summed E-state index contributed by atoms with van der Waals surface area (Å²) >= 11 is 0. The first-order valence-electron chi connectivity index (χ1n) is 7.18. The van der Waals surface area contributed by atoms with Crippen molar-refractivity contribution in [3.63, 3.8) is 0 Å². The standard InChI is InChI=1S/C18H21NO2S/c1-14-10-12-16(13-11-14)22(20,21)19-17(18(2,3)4)15-8-6-5-7-9-15/h5-13H,1-4H3/b19-17-. The molecule has 0 aromatic heterocycles. The zero-order chi connectivity index (χ0) is 16.4. The summed E-state index contributed by atoms with van der Waals surface area (Å²) in [6, 6.07) is 16.2. The molecular formula is C18H21NO2S. The molecule has 0 unspecified atom stereocenters. The maximum absolute atomic E-state index is 12.6. The minimum absolute atomic E-state index is 0.218. The SMILES string of the molecule is Cc1ccc(S(=O)(=O)/N=C(/c2ccccc2)C(C)(C)C)cc1. The number of sulfonamides is 1. The molecule has 0 atom stereocenters. The lowest BCUT2D eigenvalue weighted by Gasteiger charge is -2.21. The summed E-state index contributed by atoms with van der Waals surface area (Å²) in [5.41, 5.74) is 2.03. The van der Waals surface area contributed by atoms with Gasteiger partial charge in [-0.1, -0.05) is 68.8 Å². The van der Waals surface area contributed by atoms with E-state index in [0.29, 0.717) is 5.71 Å². The summed E-state index contributed by atoms with van der Waals surface area (Å²) in [6.07, 6.45) is 0. The van der Waals surface area contributed by atoms with Crippen LogP contribution in [-0.2, 0) is 10.0 Å². The highest BCUT2D eigenvalue weighted by molar-refractivity contribution is 7.90. The Labute approximate surface area is 132 Å². The van der Waals surface area contributed by atoms with E-state index in [1.54, 1.807) is 24.3 Å². The van der Waals surface area contributed by atoms with Gasteiger partial charge in [0.05, 0.1) is 10.6 Å². The van der Waals surface area contributed by atoms with Gasteiger partial charge in [0.25, 0.3) is 10.0 Å². The Kier molecular flexibility index (Phi) is 4.52. The van der Waals surface area contributed by atoms with Gasteiger partial charge in [-0.25, -0.2) is 0 Å². The molecule has 0 aliphatic carbocycles. The van der Waals surface area contributed by atoms with Gasteiger partial charge in [0.1, 0.15) is 0 Å². The van der Waals surface area contributed by atoms with E-state index in [-0.39, 0.29) is 10.3 Å². The quantitative estimate of drug-likeness (QED) is 0.796. The number of hydrogen-bond acceptors (Lipinski definition) is 2. The van der Waals surface area contributed by atoms with Gasteiger partial charge in [0, 0.05) is 5.41 Å². The summed E-state index contributed by atoms with van der Waals surface area (Å²) < 4.78 is 29.3. The van der Waals surface area contributed by atoms with E-state index in [1.165, 1.54) is 0 Å². The monoisotopic (exact) mass is 315 g/mol. The van der Waals surface area contributed by atoms with Gasteiger partial charge in [0.2, 0.25) is 0 Å². The third kappa shape index (κ3) is 3.83. The lowest BCUT2D eigenvalue weighted by molar-refractivity contribution is 0.582. The van der Waals surface area contributed by atoms with E-state index in [0.717, 1.165) is 11.1 Å². The molecule has 2 rings (SSSR count). The number of benzene rings is 2. The molecule has 0 saturated heterocycles. The summed E-state index contributed by atoms with van der Waals surface area (Å²) in [7, 11) is -3.72. The molecule has 0 saturated carbocycles. The van der Waals surface area contributed by atoms with Crippen molar-refractivity contribution < 1.29 is 8.42 Å². The Hall–Kier alpha value is -1.94. The van der Waals surface area contributed by atoms with Crippen LogP contribution in [0, 0.1) is 12.3 Å². The van der Waals surface area contributed by atoms with Crippen LogP contribution < -0.4 is 0 Å². The van der Waals surface area contributed by atoms with Gasteiger partial charge in [0.15, 0.2) is 0 Å². The number of nitrogens with zero attached hydrogens (tertiary/aromatic N) is 1. The van der Waals surface area contributed by atoms with Crippen LogP contribution in [0.4, 0.5) is 0 Å². The molecule has 0 heterocycles. The van der Waals surface area contributed by atoms with E-state index in [9.17, 15) is 8.42 Å². The highest BCUT2D eigenvalue weighted by atomic mass is 32.2. The number of hydrogen-bond donors (Lipinski definition) is 0. The van der Waals surface area contributed by atoms with Crippen molar-refractivity contribution in [2.45, 2.75) is 32.6 Å². The van der Waals surface area contributed by atoms with Crippen molar-refractivity contribution in [3.05, 3.63) is 65.7 Å². The normalized spacial score (nSPS) is 13.2. The van der Waals surface area contributed by atoms with Crippen LogP contribution in [0.25, 0.3) is 0 Å². The molecule has 3 nitrogen and oxygen atoms in total. The highest BCUT2D eigenvalue weighted by Crippen LogP contribution is 2.25. The lowest BCUT2D eigenvalue weighted by Crippen LogP contribution is -2.23. The second-order valence-corrected chi connectivity index (χ2v) is 7.95. The van der Waals surface area contributed by atoms with Gasteiger partial charge in [-0.3, -0.25) is 0 Å². The predicted molar refractivity (Wildman–Crippen MR) is 90.8 cm³/mol. The second kappa shape index (κ2) is 6.05. The molecule has 0 fully saturated rings. The molecule has 0 aliphatic rings. The fraction of sp³-hybridized carbons (Fsp3) is 0.278. The van der Waals surface area contributed by atoms with Crippen LogP contribution in [0.5, 0.6) is 0 Å². The molecule has 2 aromatic carbocycles. The molecule has 2 aromatic rings. The Balaban J connectivity index is 2.56. The second-order valence-electron chi connectivity index (χ2n) is 6.34. The minimum Gasteiger partial charge on any atom is -0.199 e. The fourth-order valence-corrected chi connectivity index (χ4v) is 3.31. The van der Waals surface area contributed by atoms with Crippen molar-refractivity contribution in [2.75, 3.05) is 0 Å². The molecule has 0 aliphatic heterocycles. The van der Waals surface area contributed by atoms with Crippen LogP contribution in [0.1, 0.15) is 31.9 Å². The average molecular weight is 315 g/mol. The van der Waals surface area contributed by atoms with Crippen molar-refractivity contribution in [3.8, 4) is 0 Å². The van der Waals surface area contributed by atoms with Crippen molar-refractivity contribution in [1.82, 2.24) is 0 Å². The third-order valence-corrected chi connectivity index (χ3v) is 4.58. The first-order chi connectivity index (χ1) is 10.2.